The summed E-state index contributed by atoms with van der Waals surface area (Å²) >= 11 is 0. The molecule has 0 spiro atoms. The molecular formula is C27H32N4O3. The molecule has 2 aliphatic heterocycles. The molecule has 0 radical (unpaired) electrons. The Morgan fingerprint density at radius 1 is 1.12 bits per heavy atom. The fraction of sp³-hybridized carbons (Fsp3) is 0.481. The van der Waals surface area contributed by atoms with Crippen LogP contribution in [0.5, 0.6) is 0 Å². The Morgan fingerprint density at radius 3 is 2.79 bits per heavy atom. The molecule has 1 unspecified atom stereocenters. The molecule has 3 amide bonds. The predicted octanol–water partition coefficient (Wildman–Crippen LogP) is 3.04. The number of nitrogens with zero attached hydrogens (tertiary/aromatic N) is 2. The molecule has 178 valence electrons. The van der Waals surface area contributed by atoms with Crippen molar-refractivity contribution in [3.63, 3.8) is 0 Å². The van der Waals surface area contributed by atoms with Crippen molar-refractivity contribution in [2.75, 3.05) is 0 Å². The number of carbonyl (C=O) groups is 3. The molecule has 5 rings (SSSR count). The van der Waals surface area contributed by atoms with E-state index in [1.54, 1.807) is 4.90 Å². The summed E-state index contributed by atoms with van der Waals surface area (Å²) in [7, 11) is 0. The van der Waals surface area contributed by atoms with Gasteiger partial charge in [-0.05, 0) is 67.3 Å². The summed E-state index contributed by atoms with van der Waals surface area (Å²) in [6.45, 7) is 3.32. The number of aryl methyl sites for hydroxylation is 1. The zero-order valence-corrected chi connectivity index (χ0v) is 19.7. The average Bonchev–Trinajstić information content (AvgIpc) is 3.15. The second-order valence-corrected chi connectivity index (χ2v) is 9.88. The Hall–Kier alpha value is -3.06. The summed E-state index contributed by atoms with van der Waals surface area (Å²) in [5.74, 6) is -0.188. The van der Waals surface area contributed by atoms with Crippen LogP contribution in [0.1, 0.15) is 71.3 Å². The van der Waals surface area contributed by atoms with Crippen LogP contribution >= 0.6 is 0 Å². The Morgan fingerprint density at radius 2 is 1.97 bits per heavy atom. The third kappa shape index (κ3) is 4.62. The van der Waals surface area contributed by atoms with Crippen LogP contribution in [0.2, 0.25) is 0 Å². The first-order valence-electron chi connectivity index (χ1n) is 12.4. The fourth-order valence-electron chi connectivity index (χ4n) is 5.72. The van der Waals surface area contributed by atoms with E-state index in [-0.39, 0.29) is 24.1 Å². The molecule has 2 N–H and O–H groups in total. The number of carbonyl (C=O) groups excluding carboxylic acids is 3. The topological polar surface area (TPSA) is 91.4 Å². The van der Waals surface area contributed by atoms with Crippen LogP contribution in [0.15, 0.2) is 36.5 Å². The van der Waals surface area contributed by atoms with Gasteiger partial charge in [-0.3, -0.25) is 24.7 Å². The van der Waals surface area contributed by atoms with Crippen LogP contribution < -0.4 is 10.6 Å². The van der Waals surface area contributed by atoms with Crippen LogP contribution in [0, 0.1) is 12.8 Å². The summed E-state index contributed by atoms with van der Waals surface area (Å²) < 4.78 is 0. The van der Waals surface area contributed by atoms with E-state index in [9.17, 15) is 14.4 Å². The molecule has 1 aliphatic carbocycles. The minimum atomic E-state index is -0.566. The highest BCUT2D eigenvalue weighted by molar-refractivity contribution is 6.05. The van der Waals surface area contributed by atoms with E-state index in [4.69, 9.17) is 0 Å². The number of hydrogen-bond donors (Lipinski definition) is 2. The van der Waals surface area contributed by atoms with E-state index in [1.165, 1.54) is 36.8 Å². The lowest BCUT2D eigenvalue weighted by Gasteiger charge is -2.33. The fourth-order valence-corrected chi connectivity index (χ4v) is 5.72. The van der Waals surface area contributed by atoms with Gasteiger partial charge in [0.25, 0.3) is 5.91 Å². The maximum atomic E-state index is 13.0. The molecule has 3 atom stereocenters. The number of aromatic nitrogens is 1. The molecule has 7 heteroatoms. The molecule has 34 heavy (non-hydrogen) atoms. The number of rotatable bonds is 6. The summed E-state index contributed by atoms with van der Waals surface area (Å²) in [5.41, 5.74) is 5.23. The molecule has 1 saturated heterocycles. The highest BCUT2D eigenvalue weighted by atomic mass is 16.2. The van der Waals surface area contributed by atoms with Gasteiger partial charge >= 0.3 is 0 Å². The molecule has 2 aromatic rings. The maximum Gasteiger partial charge on any atom is 0.255 e. The van der Waals surface area contributed by atoms with E-state index in [2.05, 4.69) is 40.7 Å². The van der Waals surface area contributed by atoms with Crippen molar-refractivity contribution >= 4 is 17.7 Å². The maximum absolute atomic E-state index is 13.0. The van der Waals surface area contributed by atoms with Gasteiger partial charge in [0, 0.05) is 43.0 Å². The number of amides is 3. The minimum absolute atomic E-state index is 0.111. The smallest absolute Gasteiger partial charge is 0.255 e. The second kappa shape index (κ2) is 9.66. The number of imide groups is 1. The highest BCUT2D eigenvalue weighted by Gasteiger charge is 2.39. The number of benzene rings is 1. The van der Waals surface area contributed by atoms with Crippen LogP contribution in [-0.4, -0.2) is 39.7 Å². The molecule has 1 aromatic heterocycles. The number of fused-ring (bicyclic) bond motifs is 1. The van der Waals surface area contributed by atoms with Gasteiger partial charge in [-0.15, -0.1) is 0 Å². The Bertz CT molecular complexity index is 1110. The Labute approximate surface area is 200 Å². The zero-order valence-electron chi connectivity index (χ0n) is 19.7. The number of hydrogen-bond acceptors (Lipinski definition) is 5. The molecule has 1 saturated carbocycles. The molecule has 7 nitrogen and oxygen atoms in total. The lowest BCUT2D eigenvalue weighted by atomic mass is 9.80. The highest BCUT2D eigenvalue weighted by Crippen LogP contribution is 2.32. The SMILES string of the molecule is Cc1ncccc1CN[C@H]1CCCC[C@@H]1Cc1ccc2c(c1)CN(C1CCC(=O)NC1=O)C2=O. The minimum Gasteiger partial charge on any atom is -0.322 e. The van der Waals surface area contributed by atoms with Crippen molar-refractivity contribution in [3.05, 3.63) is 64.5 Å². The van der Waals surface area contributed by atoms with E-state index in [0.717, 1.165) is 24.2 Å². The van der Waals surface area contributed by atoms with Crippen molar-refractivity contribution < 1.29 is 14.4 Å². The van der Waals surface area contributed by atoms with Gasteiger partial charge in [-0.1, -0.05) is 31.0 Å². The Balaban J connectivity index is 1.26. The largest absolute Gasteiger partial charge is 0.322 e. The van der Waals surface area contributed by atoms with Gasteiger partial charge in [0.15, 0.2) is 0 Å². The van der Waals surface area contributed by atoms with Crippen molar-refractivity contribution in [2.45, 2.75) is 77.0 Å². The van der Waals surface area contributed by atoms with Crippen molar-refractivity contribution in [3.8, 4) is 0 Å². The zero-order chi connectivity index (χ0) is 23.7. The lowest BCUT2D eigenvalue weighted by Crippen LogP contribution is -2.52. The Kier molecular flexibility index (Phi) is 6.46. The molecule has 3 aliphatic rings. The summed E-state index contributed by atoms with van der Waals surface area (Å²) in [5, 5.41) is 6.16. The van der Waals surface area contributed by atoms with Gasteiger partial charge in [0.2, 0.25) is 11.8 Å². The van der Waals surface area contributed by atoms with Crippen LogP contribution in [0.3, 0.4) is 0 Å². The molecule has 1 aromatic carbocycles. The first-order chi connectivity index (χ1) is 16.5. The molecular weight excluding hydrogens is 428 g/mol. The molecule has 2 fully saturated rings. The predicted molar refractivity (Wildman–Crippen MR) is 128 cm³/mol. The monoisotopic (exact) mass is 460 g/mol. The summed E-state index contributed by atoms with van der Waals surface area (Å²) in [4.78, 5) is 42.8. The number of pyridine rings is 1. The van der Waals surface area contributed by atoms with Crippen LogP contribution in [0.4, 0.5) is 0 Å². The third-order valence-electron chi connectivity index (χ3n) is 7.67. The molecule has 3 heterocycles. The second-order valence-electron chi connectivity index (χ2n) is 9.88. The summed E-state index contributed by atoms with van der Waals surface area (Å²) in [6, 6.07) is 10.2. The van der Waals surface area contributed by atoms with Gasteiger partial charge < -0.3 is 10.2 Å². The van der Waals surface area contributed by atoms with Gasteiger partial charge in [-0.25, -0.2) is 0 Å². The lowest BCUT2D eigenvalue weighted by molar-refractivity contribution is -0.136. The van der Waals surface area contributed by atoms with Gasteiger partial charge in [0.1, 0.15) is 6.04 Å². The van der Waals surface area contributed by atoms with Gasteiger partial charge in [-0.2, -0.15) is 0 Å². The molecule has 0 bridgehead atoms. The van der Waals surface area contributed by atoms with E-state index in [0.29, 0.717) is 30.5 Å². The average molecular weight is 461 g/mol. The number of nitrogens with one attached hydrogen (secondary N) is 2. The van der Waals surface area contributed by atoms with E-state index < -0.39 is 6.04 Å². The van der Waals surface area contributed by atoms with Crippen molar-refractivity contribution in [2.24, 2.45) is 5.92 Å². The van der Waals surface area contributed by atoms with E-state index >= 15 is 0 Å². The standard InChI is InChI=1S/C27H32N4O3/c1-17-20(6-4-12-28-17)15-29-23-7-3-2-5-19(23)13-18-8-9-22-21(14-18)16-31(27(22)34)24-10-11-25(32)30-26(24)33/h4,6,8-9,12,14,19,23-24,29H,2-3,5,7,10-11,13,15-16H2,1H3,(H,30,32,33)/t19-,23+,24?/m1/s1. The first kappa shape index (κ1) is 22.7. The summed E-state index contributed by atoms with van der Waals surface area (Å²) in [6.07, 6.45) is 8.35. The first-order valence-corrected chi connectivity index (χ1v) is 12.4. The van der Waals surface area contributed by atoms with E-state index in [1.807, 2.05) is 18.3 Å². The van der Waals surface area contributed by atoms with Crippen LogP contribution in [-0.2, 0) is 29.1 Å². The third-order valence-corrected chi connectivity index (χ3v) is 7.67. The number of piperidine rings is 1. The van der Waals surface area contributed by atoms with Crippen LogP contribution in [0.25, 0.3) is 0 Å². The van der Waals surface area contributed by atoms with Crippen molar-refractivity contribution in [1.29, 1.82) is 0 Å². The van der Waals surface area contributed by atoms with Crippen molar-refractivity contribution in [1.82, 2.24) is 20.5 Å². The normalized spacial score (nSPS) is 24.8. The quantitative estimate of drug-likeness (QED) is 0.647. The van der Waals surface area contributed by atoms with Gasteiger partial charge in [0.05, 0.1) is 0 Å².